The summed E-state index contributed by atoms with van der Waals surface area (Å²) in [7, 11) is 0. The second-order valence-electron chi connectivity index (χ2n) is 5.44. The van der Waals surface area contributed by atoms with E-state index in [2.05, 4.69) is 10.4 Å². The maximum absolute atomic E-state index is 12.2. The van der Waals surface area contributed by atoms with Gasteiger partial charge >= 0.3 is 0 Å². The highest BCUT2D eigenvalue weighted by atomic mass is 35.5. The van der Waals surface area contributed by atoms with Gasteiger partial charge in [0.15, 0.2) is 0 Å². The molecule has 0 spiro atoms. The van der Waals surface area contributed by atoms with Crippen LogP contribution in [0.4, 0.5) is 5.82 Å². The molecule has 1 fully saturated rings. The van der Waals surface area contributed by atoms with Gasteiger partial charge in [0.25, 0.3) is 0 Å². The molecule has 0 unspecified atom stereocenters. The molecule has 4 nitrogen and oxygen atoms in total. The number of hydrogen-bond donors (Lipinski definition) is 1. The molecular weight excluding hydrogens is 286 g/mol. The summed E-state index contributed by atoms with van der Waals surface area (Å²) in [6, 6.07) is 9.49. The topological polar surface area (TPSA) is 46.9 Å². The summed E-state index contributed by atoms with van der Waals surface area (Å²) in [6.45, 7) is 0.549. The van der Waals surface area contributed by atoms with Crippen molar-refractivity contribution < 1.29 is 4.79 Å². The molecule has 0 saturated heterocycles. The number of carbonyl (C=O) groups excluding carboxylic acids is 1. The smallest absolute Gasteiger partial charge is 0.228 e. The molecule has 0 bridgehead atoms. The van der Waals surface area contributed by atoms with E-state index >= 15 is 0 Å². The van der Waals surface area contributed by atoms with Crippen molar-refractivity contribution in [2.24, 2.45) is 5.92 Å². The highest BCUT2D eigenvalue weighted by Crippen LogP contribution is 2.26. The second-order valence-corrected chi connectivity index (χ2v) is 5.84. The molecule has 5 heteroatoms. The monoisotopic (exact) mass is 303 g/mol. The summed E-state index contributed by atoms with van der Waals surface area (Å²) in [4.78, 5) is 12.2. The molecule has 2 aromatic rings. The van der Waals surface area contributed by atoms with Crippen LogP contribution in [0, 0.1) is 5.92 Å². The van der Waals surface area contributed by atoms with Crippen LogP contribution in [0.2, 0.25) is 5.02 Å². The molecule has 1 heterocycles. The van der Waals surface area contributed by atoms with E-state index in [0.29, 0.717) is 11.6 Å². The number of nitrogens with one attached hydrogen (secondary N) is 1. The van der Waals surface area contributed by atoms with E-state index in [0.717, 1.165) is 37.1 Å². The van der Waals surface area contributed by atoms with Gasteiger partial charge in [-0.05, 0) is 24.5 Å². The molecule has 1 saturated carbocycles. The molecule has 0 atom stereocenters. The number of benzene rings is 1. The van der Waals surface area contributed by atoms with Crippen molar-refractivity contribution in [1.82, 2.24) is 9.78 Å². The Kier molecular flexibility index (Phi) is 4.25. The van der Waals surface area contributed by atoms with Crippen molar-refractivity contribution in [3.8, 4) is 0 Å². The van der Waals surface area contributed by atoms with Gasteiger partial charge in [0.2, 0.25) is 5.91 Å². The van der Waals surface area contributed by atoms with Gasteiger partial charge in [-0.25, -0.2) is 4.68 Å². The van der Waals surface area contributed by atoms with Gasteiger partial charge in [-0.15, -0.1) is 0 Å². The molecule has 0 radical (unpaired) electrons. The van der Waals surface area contributed by atoms with Gasteiger partial charge in [-0.3, -0.25) is 4.79 Å². The van der Waals surface area contributed by atoms with E-state index in [1.54, 1.807) is 10.9 Å². The summed E-state index contributed by atoms with van der Waals surface area (Å²) >= 11 is 6.17. The summed E-state index contributed by atoms with van der Waals surface area (Å²) in [6.07, 6.45) is 5.98. The number of amides is 1. The third-order valence-electron chi connectivity index (χ3n) is 3.97. The Labute approximate surface area is 129 Å². The van der Waals surface area contributed by atoms with Gasteiger partial charge < -0.3 is 5.32 Å². The lowest BCUT2D eigenvalue weighted by Crippen LogP contribution is -2.22. The zero-order valence-electron chi connectivity index (χ0n) is 11.8. The molecule has 3 rings (SSSR count). The first-order valence-corrected chi connectivity index (χ1v) is 7.68. The molecule has 1 aliphatic rings. The van der Waals surface area contributed by atoms with Gasteiger partial charge in [0.05, 0.1) is 12.7 Å². The van der Waals surface area contributed by atoms with Crippen molar-refractivity contribution in [3.63, 3.8) is 0 Å². The SMILES string of the molecule is O=C(Nc1ccnn1Cc1ccccc1Cl)C1CCCC1. The molecule has 0 aliphatic heterocycles. The van der Waals surface area contributed by atoms with Crippen LogP contribution in [0.5, 0.6) is 0 Å². The first kappa shape index (κ1) is 14.1. The summed E-state index contributed by atoms with van der Waals surface area (Å²) in [5.41, 5.74) is 0.985. The second kappa shape index (κ2) is 6.31. The van der Waals surface area contributed by atoms with E-state index < -0.39 is 0 Å². The average molecular weight is 304 g/mol. The predicted molar refractivity (Wildman–Crippen MR) is 83.4 cm³/mol. The first-order chi connectivity index (χ1) is 10.2. The molecule has 21 heavy (non-hydrogen) atoms. The molecule has 1 aromatic carbocycles. The van der Waals surface area contributed by atoms with Crippen LogP contribution in [0.3, 0.4) is 0 Å². The highest BCUT2D eigenvalue weighted by Gasteiger charge is 2.23. The Hall–Kier alpha value is -1.81. The van der Waals surface area contributed by atoms with E-state index in [4.69, 9.17) is 11.6 Å². The number of rotatable bonds is 4. The minimum Gasteiger partial charge on any atom is -0.311 e. The normalized spacial score (nSPS) is 15.3. The Bertz CT molecular complexity index is 632. The number of halogens is 1. The van der Waals surface area contributed by atoms with Crippen molar-refractivity contribution >= 4 is 23.3 Å². The first-order valence-electron chi connectivity index (χ1n) is 7.30. The Balaban J connectivity index is 1.72. The van der Waals surface area contributed by atoms with Gasteiger partial charge in [-0.1, -0.05) is 42.6 Å². The van der Waals surface area contributed by atoms with Crippen LogP contribution < -0.4 is 5.32 Å². The molecular formula is C16H18ClN3O. The standard InChI is InChI=1S/C16H18ClN3O/c17-14-8-4-3-7-13(14)11-20-15(9-10-18-20)19-16(21)12-5-1-2-6-12/h3-4,7-10,12H,1-2,5-6,11H2,(H,19,21). The quantitative estimate of drug-likeness (QED) is 0.936. The van der Waals surface area contributed by atoms with Crippen molar-refractivity contribution in [2.45, 2.75) is 32.2 Å². The molecule has 1 N–H and O–H groups in total. The Morgan fingerprint density at radius 1 is 1.29 bits per heavy atom. The third-order valence-corrected chi connectivity index (χ3v) is 4.34. The van der Waals surface area contributed by atoms with E-state index in [1.165, 1.54) is 0 Å². The maximum atomic E-state index is 12.2. The lowest BCUT2D eigenvalue weighted by molar-refractivity contribution is -0.119. The molecule has 1 amide bonds. The van der Waals surface area contributed by atoms with Crippen molar-refractivity contribution in [2.75, 3.05) is 5.32 Å². The number of carbonyl (C=O) groups is 1. The van der Waals surface area contributed by atoms with Gasteiger partial charge in [0.1, 0.15) is 5.82 Å². The van der Waals surface area contributed by atoms with Gasteiger partial charge in [-0.2, -0.15) is 5.10 Å². The minimum absolute atomic E-state index is 0.105. The average Bonchev–Trinajstić information content (AvgIpc) is 3.13. The Morgan fingerprint density at radius 3 is 2.81 bits per heavy atom. The number of hydrogen-bond acceptors (Lipinski definition) is 2. The zero-order valence-corrected chi connectivity index (χ0v) is 12.5. The van der Waals surface area contributed by atoms with Crippen molar-refractivity contribution in [3.05, 3.63) is 47.1 Å². The number of nitrogens with zero attached hydrogens (tertiary/aromatic N) is 2. The predicted octanol–water partition coefficient (Wildman–Crippen LogP) is 3.71. The van der Waals surface area contributed by atoms with Crippen LogP contribution in [0.15, 0.2) is 36.5 Å². The van der Waals surface area contributed by atoms with E-state index in [9.17, 15) is 4.79 Å². The number of anilines is 1. The van der Waals surface area contributed by atoms with Crippen LogP contribution in [0.1, 0.15) is 31.2 Å². The van der Waals surface area contributed by atoms with Crippen LogP contribution in [0.25, 0.3) is 0 Å². The molecule has 110 valence electrons. The van der Waals surface area contributed by atoms with Gasteiger partial charge in [0, 0.05) is 17.0 Å². The number of aromatic nitrogens is 2. The third kappa shape index (κ3) is 3.27. The highest BCUT2D eigenvalue weighted by molar-refractivity contribution is 6.31. The molecule has 1 aliphatic carbocycles. The van der Waals surface area contributed by atoms with Crippen LogP contribution in [-0.2, 0) is 11.3 Å². The largest absolute Gasteiger partial charge is 0.311 e. The fraction of sp³-hybridized carbons (Fsp3) is 0.375. The maximum Gasteiger partial charge on any atom is 0.228 e. The van der Waals surface area contributed by atoms with Crippen LogP contribution in [-0.4, -0.2) is 15.7 Å². The fourth-order valence-corrected chi connectivity index (χ4v) is 2.96. The summed E-state index contributed by atoms with van der Waals surface area (Å²) in [5, 5.41) is 7.98. The zero-order chi connectivity index (χ0) is 14.7. The minimum atomic E-state index is 0.105. The lowest BCUT2D eigenvalue weighted by atomic mass is 10.1. The Morgan fingerprint density at radius 2 is 2.05 bits per heavy atom. The van der Waals surface area contributed by atoms with E-state index in [1.807, 2.05) is 30.3 Å². The molecule has 1 aromatic heterocycles. The van der Waals surface area contributed by atoms with E-state index in [-0.39, 0.29) is 11.8 Å². The fourth-order valence-electron chi connectivity index (χ4n) is 2.77. The summed E-state index contributed by atoms with van der Waals surface area (Å²) < 4.78 is 1.77. The lowest BCUT2D eigenvalue weighted by Gasteiger charge is -2.12. The van der Waals surface area contributed by atoms with Crippen molar-refractivity contribution in [1.29, 1.82) is 0 Å². The van der Waals surface area contributed by atoms with Crippen LogP contribution >= 0.6 is 11.6 Å². The summed E-state index contributed by atoms with van der Waals surface area (Å²) in [5.74, 6) is 0.980.